The van der Waals surface area contributed by atoms with Crippen molar-refractivity contribution in [3.05, 3.63) is 41.5 Å². The molecule has 180 valence electrons. The molecule has 11 nitrogen and oxygen atoms in total. The Morgan fingerprint density at radius 1 is 1.21 bits per heavy atom. The highest BCUT2D eigenvalue weighted by molar-refractivity contribution is 5.92. The third-order valence-electron chi connectivity index (χ3n) is 7.42. The van der Waals surface area contributed by atoms with Crippen LogP contribution in [-0.2, 0) is 14.3 Å². The summed E-state index contributed by atoms with van der Waals surface area (Å²) in [4.78, 5) is 21.2. The molecule has 34 heavy (non-hydrogen) atoms. The predicted molar refractivity (Wildman–Crippen MR) is 119 cm³/mol. The number of β-amino-alcohol motifs (C(OH)–C–C–N with tert-alkyl or cyclic N) is 1. The zero-order valence-electron chi connectivity index (χ0n) is 19.0. The van der Waals surface area contributed by atoms with Gasteiger partial charge in [-0.3, -0.25) is 0 Å². The number of carbonyl (C=O) groups is 1. The largest absolute Gasteiger partial charge is 0.456 e. The van der Waals surface area contributed by atoms with Crippen molar-refractivity contribution in [2.45, 2.75) is 37.4 Å². The lowest BCUT2D eigenvalue weighted by Gasteiger charge is -2.48. The minimum Gasteiger partial charge on any atom is -0.456 e. The maximum Gasteiger partial charge on any atom is 0.336 e. The molecular weight excluding hydrogens is 438 g/mol. The van der Waals surface area contributed by atoms with E-state index in [1.54, 1.807) is 12.3 Å². The van der Waals surface area contributed by atoms with Gasteiger partial charge in [0.05, 0.1) is 29.6 Å². The molecule has 1 spiro atoms. The summed E-state index contributed by atoms with van der Waals surface area (Å²) in [5.74, 6) is 0.875. The first-order valence-corrected chi connectivity index (χ1v) is 12.0. The van der Waals surface area contributed by atoms with Gasteiger partial charge in [0.25, 0.3) is 0 Å². The van der Waals surface area contributed by atoms with Gasteiger partial charge < -0.3 is 24.4 Å². The molecule has 1 unspecified atom stereocenters. The molecule has 2 aromatic heterocycles. The first-order chi connectivity index (χ1) is 16.6. The van der Waals surface area contributed by atoms with Crippen LogP contribution in [0, 0.1) is 5.92 Å². The Balaban J connectivity index is 1.06. The summed E-state index contributed by atoms with van der Waals surface area (Å²) in [5, 5.41) is 21.8. The van der Waals surface area contributed by atoms with Crippen LogP contribution in [0.2, 0.25) is 0 Å². The number of morpholine rings is 1. The van der Waals surface area contributed by atoms with Crippen molar-refractivity contribution in [1.29, 1.82) is 0 Å². The molecule has 6 rings (SSSR count). The quantitative estimate of drug-likeness (QED) is 0.601. The highest BCUT2D eigenvalue weighted by Gasteiger charge is 2.44. The van der Waals surface area contributed by atoms with Gasteiger partial charge in [0.2, 0.25) is 0 Å². The summed E-state index contributed by atoms with van der Waals surface area (Å²) < 4.78 is 13.2. The van der Waals surface area contributed by atoms with E-state index in [0.29, 0.717) is 31.5 Å². The summed E-state index contributed by atoms with van der Waals surface area (Å²) in [7, 11) is 0. The number of esters is 1. The first-order valence-electron chi connectivity index (χ1n) is 12.0. The van der Waals surface area contributed by atoms with E-state index in [2.05, 4.69) is 30.3 Å². The number of cyclic esters (lactones) is 1. The third-order valence-corrected chi connectivity index (χ3v) is 7.42. The number of aromatic nitrogens is 5. The molecule has 0 bridgehead atoms. The van der Waals surface area contributed by atoms with Crippen LogP contribution in [0.1, 0.15) is 37.4 Å². The average Bonchev–Trinajstić information content (AvgIpc) is 3.38. The van der Waals surface area contributed by atoms with Gasteiger partial charge >= 0.3 is 5.97 Å². The number of aliphatic hydroxyl groups excluding tert-OH is 1. The molecule has 0 amide bonds. The molecule has 5 heterocycles. The minimum absolute atomic E-state index is 0.123. The van der Waals surface area contributed by atoms with Crippen LogP contribution in [-0.4, -0.2) is 97.6 Å². The number of piperidine rings is 1. The zero-order valence-corrected chi connectivity index (χ0v) is 19.0. The summed E-state index contributed by atoms with van der Waals surface area (Å²) in [6.45, 7) is 4.92. The molecule has 3 fully saturated rings. The third kappa shape index (κ3) is 4.19. The maximum atomic E-state index is 12.2. The predicted octanol–water partition coefficient (Wildman–Crippen LogP) is 0.478. The van der Waals surface area contributed by atoms with Crippen molar-refractivity contribution in [2.75, 3.05) is 45.9 Å². The number of hydrogen-bond donors (Lipinski definition) is 1. The Morgan fingerprint density at radius 2 is 2.06 bits per heavy atom. The second-order valence-corrected chi connectivity index (χ2v) is 9.68. The summed E-state index contributed by atoms with van der Waals surface area (Å²) in [5.41, 5.74) is 2.56. The number of likely N-dealkylation sites (tertiary alicyclic amines) is 1. The lowest BCUT2D eigenvalue weighted by atomic mass is 9.88. The molecule has 0 aromatic carbocycles. The van der Waals surface area contributed by atoms with E-state index in [0.717, 1.165) is 68.7 Å². The highest BCUT2D eigenvalue weighted by atomic mass is 16.5. The number of hydrogen-bond acceptors (Lipinski definition) is 10. The number of pyridine rings is 1. The van der Waals surface area contributed by atoms with Gasteiger partial charge in [0.1, 0.15) is 12.9 Å². The Bertz CT molecular complexity index is 1060. The number of ether oxygens (including phenoxy) is 2. The van der Waals surface area contributed by atoms with Crippen molar-refractivity contribution in [1.82, 2.24) is 35.0 Å². The SMILES string of the molecule is O=C1OCC(N2CCOC3(CCN(CC(O)c4ccc(-n5cnnn5)nc4)CC3)C2)=C1C1CC1. The van der Waals surface area contributed by atoms with E-state index >= 15 is 0 Å². The highest BCUT2D eigenvalue weighted by Crippen LogP contribution is 2.42. The molecule has 1 N–H and O–H groups in total. The molecule has 2 aromatic rings. The number of carbonyl (C=O) groups excluding carboxylic acids is 1. The molecule has 3 aliphatic heterocycles. The summed E-state index contributed by atoms with van der Waals surface area (Å²) in [6, 6.07) is 3.66. The van der Waals surface area contributed by atoms with E-state index in [-0.39, 0.29) is 11.6 Å². The van der Waals surface area contributed by atoms with Gasteiger partial charge in [-0.1, -0.05) is 6.07 Å². The van der Waals surface area contributed by atoms with Crippen molar-refractivity contribution >= 4 is 5.97 Å². The van der Waals surface area contributed by atoms with Crippen molar-refractivity contribution in [2.24, 2.45) is 5.92 Å². The van der Waals surface area contributed by atoms with Crippen LogP contribution in [0.25, 0.3) is 5.82 Å². The van der Waals surface area contributed by atoms with E-state index in [4.69, 9.17) is 9.47 Å². The fraction of sp³-hybridized carbons (Fsp3) is 0.609. The molecule has 1 aliphatic carbocycles. The van der Waals surface area contributed by atoms with Gasteiger partial charge in [0, 0.05) is 44.5 Å². The standard InChI is InChI=1S/C23H29N7O4/c31-19(17-3-4-20(24-11-17)30-15-25-26-27-30)12-28-7-5-23(6-8-28)14-29(9-10-34-23)18-13-33-22(32)21(18)16-1-2-16/h3-4,11,15-16,19,31H,1-2,5-10,12-14H2. The van der Waals surface area contributed by atoms with Crippen molar-refractivity contribution in [3.63, 3.8) is 0 Å². The monoisotopic (exact) mass is 467 g/mol. The van der Waals surface area contributed by atoms with Gasteiger partial charge in [-0.05, 0) is 48.1 Å². The number of nitrogens with zero attached hydrogens (tertiary/aromatic N) is 7. The summed E-state index contributed by atoms with van der Waals surface area (Å²) in [6.07, 6.45) is 6.51. The average molecular weight is 468 g/mol. The van der Waals surface area contributed by atoms with Crippen LogP contribution in [0.5, 0.6) is 0 Å². The maximum absolute atomic E-state index is 12.2. The molecule has 2 saturated heterocycles. The van der Waals surface area contributed by atoms with Crippen LogP contribution < -0.4 is 0 Å². The number of aliphatic hydroxyl groups is 1. The topological polar surface area (TPSA) is 119 Å². The first kappa shape index (κ1) is 21.6. The van der Waals surface area contributed by atoms with E-state index in [9.17, 15) is 9.90 Å². The van der Waals surface area contributed by atoms with Gasteiger partial charge in [-0.15, -0.1) is 5.10 Å². The van der Waals surface area contributed by atoms with Crippen LogP contribution in [0.4, 0.5) is 0 Å². The second-order valence-electron chi connectivity index (χ2n) is 9.68. The molecular formula is C23H29N7O4. The smallest absolute Gasteiger partial charge is 0.336 e. The Hall–Kier alpha value is -2.89. The van der Waals surface area contributed by atoms with Gasteiger partial charge in [0.15, 0.2) is 5.82 Å². The number of rotatable bonds is 6. The second kappa shape index (κ2) is 8.71. The Kier molecular flexibility index (Phi) is 5.54. The van der Waals surface area contributed by atoms with Crippen molar-refractivity contribution in [3.8, 4) is 5.82 Å². The van der Waals surface area contributed by atoms with E-state index in [1.165, 1.54) is 11.0 Å². The Morgan fingerprint density at radius 3 is 2.76 bits per heavy atom. The normalized spacial score (nSPS) is 24.0. The lowest BCUT2D eigenvalue weighted by molar-refractivity contribution is -0.137. The minimum atomic E-state index is -0.624. The van der Waals surface area contributed by atoms with E-state index in [1.807, 2.05) is 6.07 Å². The van der Waals surface area contributed by atoms with Gasteiger partial charge in [-0.25, -0.2) is 9.78 Å². The van der Waals surface area contributed by atoms with Crippen LogP contribution >= 0.6 is 0 Å². The van der Waals surface area contributed by atoms with Crippen molar-refractivity contribution < 1.29 is 19.4 Å². The summed E-state index contributed by atoms with van der Waals surface area (Å²) >= 11 is 0. The Labute approximate surface area is 197 Å². The van der Waals surface area contributed by atoms with Crippen LogP contribution in [0.15, 0.2) is 35.9 Å². The fourth-order valence-electron chi connectivity index (χ4n) is 5.31. The van der Waals surface area contributed by atoms with Crippen LogP contribution in [0.3, 0.4) is 0 Å². The lowest BCUT2D eigenvalue weighted by Crippen LogP contribution is -2.57. The molecule has 11 heteroatoms. The molecule has 1 atom stereocenters. The zero-order chi connectivity index (χ0) is 23.1. The number of tetrazole rings is 1. The van der Waals surface area contributed by atoms with E-state index < -0.39 is 6.10 Å². The van der Waals surface area contributed by atoms with Gasteiger partial charge in [-0.2, -0.15) is 4.68 Å². The molecule has 0 radical (unpaired) electrons. The fourth-order valence-corrected chi connectivity index (χ4v) is 5.31. The molecule has 1 saturated carbocycles. The molecule has 4 aliphatic rings.